The number of alkyl halides is 1. The molecule has 1 aliphatic rings. The molecular weight excluding hydrogens is 206 g/mol. The fourth-order valence-corrected chi connectivity index (χ4v) is 1.95. The fourth-order valence-electron chi connectivity index (χ4n) is 1.53. The highest BCUT2D eigenvalue weighted by atomic mass is 35.5. The van der Waals surface area contributed by atoms with Gasteiger partial charge in [-0.25, -0.2) is 8.78 Å². The van der Waals surface area contributed by atoms with Gasteiger partial charge in [-0.05, 0) is 37.3 Å². The summed E-state index contributed by atoms with van der Waals surface area (Å²) in [5.41, 5.74) is 0.890. The van der Waals surface area contributed by atoms with Crippen LogP contribution in [0, 0.1) is 24.5 Å². The standard InChI is InChI=1S/C11H11ClF2/c1-6-4-8(10(14)5-9(6)13)11(12)7-2-3-7/h4-5,7,11H,2-3H2,1H3. The monoisotopic (exact) mass is 216 g/mol. The topological polar surface area (TPSA) is 0 Å². The average Bonchev–Trinajstić information content (AvgIpc) is 2.93. The van der Waals surface area contributed by atoms with Crippen LogP contribution >= 0.6 is 11.6 Å². The molecule has 0 spiro atoms. The van der Waals surface area contributed by atoms with E-state index in [0.717, 1.165) is 18.9 Å². The van der Waals surface area contributed by atoms with Crippen molar-refractivity contribution in [2.24, 2.45) is 5.92 Å². The number of aryl methyl sites for hydroxylation is 1. The van der Waals surface area contributed by atoms with Crippen LogP contribution in [-0.4, -0.2) is 0 Å². The van der Waals surface area contributed by atoms with E-state index in [1.807, 2.05) is 0 Å². The molecule has 1 aliphatic carbocycles. The molecule has 1 unspecified atom stereocenters. The lowest BCUT2D eigenvalue weighted by molar-refractivity contribution is 0.560. The molecule has 3 heteroatoms. The van der Waals surface area contributed by atoms with Gasteiger partial charge in [0.05, 0.1) is 5.38 Å². The van der Waals surface area contributed by atoms with Crippen LogP contribution in [0.4, 0.5) is 8.78 Å². The van der Waals surface area contributed by atoms with Gasteiger partial charge in [-0.1, -0.05) is 0 Å². The molecule has 1 aromatic carbocycles. The Bertz CT molecular complexity index is 359. The molecule has 14 heavy (non-hydrogen) atoms. The molecule has 2 rings (SSSR count). The van der Waals surface area contributed by atoms with Gasteiger partial charge in [0.25, 0.3) is 0 Å². The molecule has 1 saturated carbocycles. The van der Waals surface area contributed by atoms with Crippen LogP contribution in [0.3, 0.4) is 0 Å². The first-order chi connectivity index (χ1) is 6.59. The van der Waals surface area contributed by atoms with Crippen molar-refractivity contribution in [1.82, 2.24) is 0 Å². The molecular formula is C11H11ClF2. The lowest BCUT2D eigenvalue weighted by atomic mass is 10.0. The maximum atomic E-state index is 13.3. The Morgan fingerprint density at radius 2 is 1.93 bits per heavy atom. The predicted molar refractivity (Wildman–Crippen MR) is 52.4 cm³/mol. The summed E-state index contributed by atoms with van der Waals surface area (Å²) in [6, 6.07) is 2.43. The minimum absolute atomic E-state index is 0.297. The Kier molecular flexibility index (Phi) is 2.48. The van der Waals surface area contributed by atoms with Crippen molar-refractivity contribution < 1.29 is 8.78 Å². The Morgan fingerprint density at radius 1 is 1.29 bits per heavy atom. The van der Waals surface area contributed by atoms with Gasteiger partial charge in [0.15, 0.2) is 0 Å². The van der Waals surface area contributed by atoms with Crippen molar-refractivity contribution in [3.8, 4) is 0 Å². The fraction of sp³-hybridized carbons (Fsp3) is 0.455. The normalized spacial score (nSPS) is 18.3. The van der Waals surface area contributed by atoms with E-state index in [9.17, 15) is 8.78 Å². The predicted octanol–water partition coefficient (Wildman–Crippen LogP) is 3.96. The lowest BCUT2D eigenvalue weighted by Gasteiger charge is -2.10. The van der Waals surface area contributed by atoms with Gasteiger partial charge in [0, 0.05) is 11.6 Å². The summed E-state index contributed by atoms with van der Waals surface area (Å²) in [4.78, 5) is 0. The Morgan fingerprint density at radius 3 is 2.50 bits per heavy atom. The van der Waals surface area contributed by atoms with Gasteiger partial charge < -0.3 is 0 Å². The van der Waals surface area contributed by atoms with Crippen molar-refractivity contribution in [2.45, 2.75) is 25.1 Å². The second-order valence-electron chi connectivity index (χ2n) is 3.86. The van der Waals surface area contributed by atoms with Gasteiger partial charge in [0.2, 0.25) is 0 Å². The first-order valence-electron chi connectivity index (χ1n) is 4.69. The van der Waals surface area contributed by atoms with E-state index in [1.54, 1.807) is 6.92 Å². The van der Waals surface area contributed by atoms with Crippen LogP contribution in [0.5, 0.6) is 0 Å². The Balaban J connectivity index is 2.36. The van der Waals surface area contributed by atoms with Crippen LogP contribution in [0.2, 0.25) is 0 Å². The van der Waals surface area contributed by atoms with E-state index in [0.29, 0.717) is 17.0 Å². The Labute approximate surface area is 86.9 Å². The number of halogens is 3. The molecule has 1 aromatic rings. The third kappa shape index (κ3) is 1.76. The maximum Gasteiger partial charge on any atom is 0.130 e. The first-order valence-corrected chi connectivity index (χ1v) is 5.13. The zero-order valence-electron chi connectivity index (χ0n) is 7.86. The molecule has 0 heterocycles. The minimum Gasteiger partial charge on any atom is -0.207 e. The van der Waals surface area contributed by atoms with Crippen molar-refractivity contribution in [3.63, 3.8) is 0 Å². The molecule has 76 valence electrons. The van der Waals surface area contributed by atoms with Gasteiger partial charge >= 0.3 is 0 Å². The van der Waals surface area contributed by atoms with Crippen molar-refractivity contribution in [1.29, 1.82) is 0 Å². The second-order valence-corrected chi connectivity index (χ2v) is 4.33. The highest BCUT2D eigenvalue weighted by molar-refractivity contribution is 6.21. The minimum atomic E-state index is -0.528. The molecule has 1 atom stereocenters. The molecule has 0 amide bonds. The van der Waals surface area contributed by atoms with E-state index in [-0.39, 0.29) is 5.38 Å². The maximum absolute atomic E-state index is 13.3. The van der Waals surface area contributed by atoms with E-state index in [2.05, 4.69) is 0 Å². The SMILES string of the molecule is Cc1cc(C(Cl)C2CC2)c(F)cc1F. The van der Waals surface area contributed by atoms with Crippen LogP contribution in [0.1, 0.15) is 29.3 Å². The van der Waals surface area contributed by atoms with Crippen LogP contribution in [-0.2, 0) is 0 Å². The van der Waals surface area contributed by atoms with Gasteiger partial charge in [-0.15, -0.1) is 11.6 Å². The van der Waals surface area contributed by atoms with Crippen LogP contribution < -0.4 is 0 Å². The van der Waals surface area contributed by atoms with Gasteiger partial charge in [-0.2, -0.15) is 0 Å². The zero-order chi connectivity index (χ0) is 10.3. The molecule has 0 N–H and O–H groups in total. The molecule has 0 aromatic heterocycles. The van der Waals surface area contributed by atoms with Gasteiger partial charge in [0.1, 0.15) is 11.6 Å². The van der Waals surface area contributed by atoms with Crippen molar-refractivity contribution >= 4 is 11.6 Å². The summed E-state index contributed by atoms with van der Waals surface area (Å²) in [6.45, 7) is 1.62. The first kappa shape index (κ1) is 9.91. The van der Waals surface area contributed by atoms with Crippen molar-refractivity contribution in [2.75, 3.05) is 0 Å². The molecule has 0 nitrogen and oxygen atoms in total. The highest BCUT2D eigenvalue weighted by Gasteiger charge is 2.32. The quantitative estimate of drug-likeness (QED) is 0.657. The summed E-state index contributed by atoms with van der Waals surface area (Å²) in [6.07, 6.45) is 2.09. The number of hydrogen-bond donors (Lipinski definition) is 0. The smallest absolute Gasteiger partial charge is 0.130 e. The molecule has 0 bridgehead atoms. The summed E-state index contributed by atoms with van der Waals surface area (Å²) < 4.78 is 26.3. The summed E-state index contributed by atoms with van der Waals surface area (Å²) >= 11 is 6.07. The van der Waals surface area contributed by atoms with E-state index < -0.39 is 11.6 Å². The van der Waals surface area contributed by atoms with E-state index in [4.69, 9.17) is 11.6 Å². The summed E-state index contributed by atoms with van der Waals surface area (Å²) in [5.74, 6) is -0.665. The van der Waals surface area contributed by atoms with Crippen LogP contribution in [0.15, 0.2) is 12.1 Å². The lowest BCUT2D eigenvalue weighted by Crippen LogP contribution is -1.99. The van der Waals surface area contributed by atoms with E-state index in [1.165, 1.54) is 6.07 Å². The van der Waals surface area contributed by atoms with Gasteiger partial charge in [-0.3, -0.25) is 0 Å². The molecule has 0 aliphatic heterocycles. The Hall–Kier alpha value is -0.630. The third-order valence-corrected chi connectivity index (χ3v) is 3.20. The average molecular weight is 217 g/mol. The highest BCUT2D eigenvalue weighted by Crippen LogP contribution is 2.45. The molecule has 0 radical (unpaired) electrons. The zero-order valence-corrected chi connectivity index (χ0v) is 8.61. The molecule has 0 saturated heterocycles. The van der Waals surface area contributed by atoms with E-state index >= 15 is 0 Å². The summed E-state index contributed by atoms with van der Waals surface area (Å²) in [7, 11) is 0. The number of hydrogen-bond acceptors (Lipinski definition) is 0. The number of rotatable bonds is 2. The largest absolute Gasteiger partial charge is 0.207 e. The summed E-state index contributed by atoms with van der Waals surface area (Å²) in [5, 5.41) is -0.297. The van der Waals surface area contributed by atoms with Crippen molar-refractivity contribution in [3.05, 3.63) is 34.9 Å². The second kappa shape index (κ2) is 3.50. The van der Waals surface area contributed by atoms with Crippen LogP contribution in [0.25, 0.3) is 0 Å². The molecule has 1 fully saturated rings. The number of benzene rings is 1. The third-order valence-electron chi connectivity index (χ3n) is 2.61.